The molecule has 0 aromatic carbocycles. The SMILES string of the molecule is [CH-]=C.[Cl][Zr][Cl]. The van der Waals surface area contributed by atoms with Gasteiger partial charge >= 0.3 is 37.9 Å². The van der Waals surface area contributed by atoms with E-state index >= 15 is 0 Å². The van der Waals surface area contributed by atoms with Crippen LogP contribution in [-0.2, 0) is 20.8 Å². The number of halogens is 2. The van der Waals surface area contributed by atoms with Crippen molar-refractivity contribution >= 4 is 17.0 Å². The Kier molecular flexibility index (Phi) is 36.0. The van der Waals surface area contributed by atoms with Crippen molar-refractivity contribution in [2.24, 2.45) is 0 Å². The molecule has 30 valence electrons. The fourth-order valence-corrected chi connectivity index (χ4v) is 0. The molecule has 0 aromatic rings. The molecule has 3 heteroatoms. The molecule has 0 rings (SSSR count). The standard InChI is InChI=1S/C2H3.2ClH.Zr/c1-2;;;/h1H,2H2;2*1H;/q-1;;;+2/p-2. The maximum absolute atomic E-state index is 4.93. The molecule has 0 unspecified atom stereocenters. The Hall–Kier alpha value is 1.20. The third-order valence-electron chi connectivity index (χ3n) is 0. The van der Waals surface area contributed by atoms with Gasteiger partial charge in [-0.15, -0.1) is 0 Å². The second-order valence-electron chi connectivity index (χ2n) is 0.0714. The van der Waals surface area contributed by atoms with E-state index in [9.17, 15) is 0 Å². The summed E-state index contributed by atoms with van der Waals surface area (Å²) in [7, 11) is 9.87. The van der Waals surface area contributed by atoms with E-state index in [-0.39, 0.29) is 0 Å². The molecule has 0 radical (unpaired) electrons. The van der Waals surface area contributed by atoms with Crippen LogP contribution in [0.4, 0.5) is 0 Å². The van der Waals surface area contributed by atoms with Gasteiger partial charge in [-0.2, -0.15) is 0 Å². The Morgan fingerprint density at radius 3 is 1.40 bits per heavy atom. The summed E-state index contributed by atoms with van der Waals surface area (Å²) in [5, 5.41) is 0. The van der Waals surface area contributed by atoms with Gasteiger partial charge in [-0.05, 0) is 0 Å². The average molecular weight is 189 g/mol. The molecule has 0 fully saturated rings. The summed E-state index contributed by atoms with van der Waals surface area (Å²) in [6.07, 6.45) is 0. The average Bonchev–Trinajstić information content (AvgIpc) is 1.46. The fourth-order valence-electron chi connectivity index (χ4n) is 0. The van der Waals surface area contributed by atoms with Crippen LogP contribution in [-0.4, -0.2) is 0 Å². The molecule has 0 N–H and O–H groups in total. The molecule has 0 nitrogen and oxygen atoms in total. The van der Waals surface area contributed by atoms with Crippen LogP contribution >= 0.6 is 17.0 Å². The van der Waals surface area contributed by atoms with Crippen molar-refractivity contribution in [2.45, 2.75) is 0 Å². The molecule has 0 aromatic heterocycles. The second-order valence-corrected chi connectivity index (χ2v) is 3.80. The first-order chi connectivity index (χ1) is 2.41. The normalized spacial score (nSPS) is 3.60. The molecule has 0 amide bonds. The minimum absolute atomic E-state index is 0.826. The van der Waals surface area contributed by atoms with Gasteiger partial charge in [0, 0.05) is 0 Å². The van der Waals surface area contributed by atoms with Crippen molar-refractivity contribution in [3.8, 4) is 0 Å². The van der Waals surface area contributed by atoms with Crippen LogP contribution < -0.4 is 0 Å². The predicted octanol–water partition coefficient (Wildman–Crippen LogP) is 1.98. The molecule has 0 atom stereocenters. The Labute approximate surface area is 50.8 Å². The van der Waals surface area contributed by atoms with Gasteiger partial charge in [-0.3, -0.25) is 6.58 Å². The molecule has 0 aliphatic carbocycles. The Bertz CT molecular complexity index is 11.6. The summed E-state index contributed by atoms with van der Waals surface area (Å²) in [6.45, 7) is 7.00. The van der Waals surface area contributed by atoms with Crippen molar-refractivity contribution < 1.29 is 20.8 Å². The van der Waals surface area contributed by atoms with Gasteiger partial charge in [-0.1, -0.05) is 0 Å². The molecule has 0 saturated heterocycles. The molecule has 0 spiro atoms. The molecular formula is C2H3Cl2Zr-. The van der Waals surface area contributed by atoms with Gasteiger partial charge in [0.25, 0.3) is 0 Å². The van der Waals surface area contributed by atoms with Crippen LogP contribution in [0.25, 0.3) is 0 Å². The number of rotatable bonds is 0. The summed E-state index contributed by atoms with van der Waals surface area (Å²) in [6, 6.07) is 0. The molecule has 0 aliphatic rings. The van der Waals surface area contributed by atoms with Crippen molar-refractivity contribution in [3.63, 3.8) is 0 Å². The van der Waals surface area contributed by atoms with Crippen LogP contribution in [0.15, 0.2) is 6.58 Å². The van der Waals surface area contributed by atoms with Crippen LogP contribution in [0.1, 0.15) is 0 Å². The fraction of sp³-hybridized carbons (Fsp3) is 0. The Balaban J connectivity index is 0. The van der Waals surface area contributed by atoms with E-state index < -0.39 is 20.8 Å². The van der Waals surface area contributed by atoms with E-state index in [1.54, 1.807) is 0 Å². The molecule has 0 heterocycles. The molecular weight excluding hydrogens is 186 g/mol. The first-order valence-corrected chi connectivity index (χ1v) is 7.12. The first-order valence-electron chi connectivity index (χ1n) is 0.786. The molecule has 5 heavy (non-hydrogen) atoms. The molecule has 0 aliphatic heterocycles. The predicted molar refractivity (Wildman–Crippen MR) is 21.6 cm³/mol. The van der Waals surface area contributed by atoms with E-state index in [1.165, 1.54) is 0 Å². The third kappa shape index (κ3) is 36.9. The summed E-state index contributed by atoms with van der Waals surface area (Å²) in [5.41, 5.74) is 0. The third-order valence-corrected chi connectivity index (χ3v) is 0. The van der Waals surface area contributed by atoms with Crippen molar-refractivity contribution in [3.05, 3.63) is 13.2 Å². The monoisotopic (exact) mass is 187 g/mol. The summed E-state index contributed by atoms with van der Waals surface area (Å²) >= 11 is -0.826. The molecule has 0 bridgehead atoms. The second kappa shape index (κ2) is 18.9. The molecule has 0 saturated carbocycles. The van der Waals surface area contributed by atoms with Crippen molar-refractivity contribution in [1.29, 1.82) is 0 Å². The van der Waals surface area contributed by atoms with Crippen LogP contribution in [0, 0.1) is 6.58 Å². The van der Waals surface area contributed by atoms with Gasteiger partial charge in [0.2, 0.25) is 0 Å². The van der Waals surface area contributed by atoms with Gasteiger partial charge in [0.05, 0.1) is 0 Å². The van der Waals surface area contributed by atoms with Crippen LogP contribution in [0.2, 0.25) is 0 Å². The zero-order valence-corrected chi connectivity index (χ0v) is 6.51. The van der Waals surface area contributed by atoms with E-state index in [2.05, 4.69) is 13.2 Å². The number of hydrogen-bond acceptors (Lipinski definition) is 0. The summed E-state index contributed by atoms with van der Waals surface area (Å²) in [5.74, 6) is 0. The van der Waals surface area contributed by atoms with Crippen molar-refractivity contribution in [1.82, 2.24) is 0 Å². The van der Waals surface area contributed by atoms with Gasteiger partial charge in [-0.25, -0.2) is 0 Å². The summed E-state index contributed by atoms with van der Waals surface area (Å²) in [4.78, 5) is 0. The van der Waals surface area contributed by atoms with Crippen molar-refractivity contribution in [2.75, 3.05) is 0 Å². The minimum atomic E-state index is -0.826. The van der Waals surface area contributed by atoms with E-state index in [0.29, 0.717) is 0 Å². The Morgan fingerprint density at radius 2 is 1.40 bits per heavy atom. The maximum atomic E-state index is 4.93. The van der Waals surface area contributed by atoms with Gasteiger partial charge in [0.15, 0.2) is 0 Å². The van der Waals surface area contributed by atoms with Gasteiger partial charge in [0.1, 0.15) is 0 Å². The topological polar surface area (TPSA) is 0 Å². The van der Waals surface area contributed by atoms with Gasteiger partial charge < -0.3 is 6.58 Å². The van der Waals surface area contributed by atoms with E-state index in [4.69, 9.17) is 17.0 Å². The zero-order valence-electron chi connectivity index (χ0n) is 2.54. The number of hydrogen-bond donors (Lipinski definition) is 0. The zero-order chi connectivity index (χ0) is 4.71. The Morgan fingerprint density at radius 1 is 1.40 bits per heavy atom. The quantitative estimate of drug-likeness (QED) is 0.511. The first kappa shape index (κ1) is 9.51. The van der Waals surface area contributed by atoms with Crippen LogP contribution in [0.3, 0.4) is 0 Å². The van der Waals surface area contributed by atoms with Crippen LogP contribution in [0.5, 0.6) is 0 Å². The van der Waals surface area contributed by atoms with E-state index in [0.717, 1.165) is 0 Å². The van der Waals surface area contributed by atoms with E-state index in [1.807, 2.05) is 0 Å². The summed E-state index contributed by atoms with van der Waals surface area (Å²) < 4.78 is 0.